The summed E-state index contributed by atoms with van der Waals surface area (Å²) in [6.45, 7) is 15.9. The molecule has 2 aromatic heterocycles. The van der Waals surface area contributed by atoms with E-state index in [1.165, 1.54) is 10.7 Å². The van der Waals surface area contributed by atoms with Gasteiger partial charge in [0.1, 0.15) is 36.4 Å². The molecule has 2 unspecified atom stereocenters. The van der Waals surface area contributed by atoms with Crippen LogP contribution in [0.1, 0.15) is 71.3 Å². The van der Waals surface area contributed by atoms with E-state index >= 15 is 0 Å². The van der Waals surface area contributed by atoms with Gasteiger partial charge in [0.2, 0.25) is 23.1 Å². The monoisotopic (exact) mass is 1260 g/mol. The lowest BCUT2D eigenvalue weighted by molar-refractivity contribution is -0.135. The van der Waals surface area contributed by atoms with Crippen LogP contribution in [0, 0.1) is 19.3 Å². The van der Waals surface area contributed by atoms with Gasteiger partial charge >= 0.3 is 19.3 Å². The minimum atomic E-state index is -4.10. The van der Waals surface area contributed by atoms with Gasteiger partial charge in [0.25, 0.3) is 5.91 Å². The number of alkyl halides is 3. The molecule has 0 fully saturated rings. The first-order valence-electron chi connectivity index (χ1n) is 25.2. The first kappa shape index (κ1) is 69.9. The molecule has 0 aliphatic carbocycles. The summed E-state index contributed by atoms with van der Waals surface area (Å²) in [6.07, 6.45) is 8.25. The lowest BCUT2D eigenvalue weighted by atomic mass is 10.0. The number of fused-ring (bicyclic) bond motifs is 2. The number of nitrogens with zero attached hydrogens (tertiary/aromatic N) is 8. The van der Waals surface area contributed by atoms with E-state index in [9.17, 15) is 23.7 Å². The summed E-state index contributed by atoms with van der Waals surface area (Å²) < 4.78 is 29.1. The van der Waals surface area contributed by atoms with Crippen molar-refractivity contribution in [3.05, 3.63) is 97.4 Å². The molecule has 0 saturated carbocycles. The standard InChI is InChI=1S/C15H13Cl2N3O2.C15H22ClNO2.C11H11Cl2NO2.C8H14ClN5.C3H8NO5P/c1-2-7-22-13-9-12(10(16)8-11(13)17)20-15(21)19-6-4-3-5-14(19)18-20;1-5-13-8-6-7-11(2)15(13)17(14(18)9-16)12(3)10-19-4;1-7-6-16-9-5-3-2-4-8(9)14(7)11(15)10(12)13;1-4-10-7-12-6(9)13-8(14-7)11-5(2)3;5-3(6)1-4-2-10(7,8)9/h1,8-9H,3-7H2;6-8,12H,5,9-10H2,1-4H3;2-5,7,10H,6H2,1H3;5H,4H2,1-3H3,(H2,10,11,12,13,14);4H,1-2H2,(H,5,6)(H2,7,8,9). The zero-order valence-electron chi connectivity index (χ0n) is 46.0. The second-order valence-electron chi connectivity index (χ2n) is 17.9. The molecule has 7 rings (SSSR count). The number of carbonyl (C=O) groups excluding carboxylic acids is 2. The van der Waals surface area contributed by atoms with Gasteiger partial charge in [0.05, 0.1) is 58.6 Å². The maximum Gasteiger partial charge on any atom is 0.350 e. The Balaban J connectivity index is 0.000000272. The van der Waals surface area contributed by atoms with Crippen molar-refractivity contribution in [3.63, 3.8) is 0 Å². The number of rotatable bonds is 18. The molecular formula is C52H68Cl6N11O11P. The van der Waals surface area contributed by atoms with Gasteiger partial charge in [0.15, 0.2) is 4.84 Å². The van der Waals surface area contributed by atoms with Crippen LogP contribution in [0.25, 0.3) is 5.69 Å². The predicted molar refractivity (Wildman–Crippen MR) is 320 cm³/mol. The highest BCUT2D eigenvalue weighted by atomic mass is 35.5. The molecule has 5 aromatic rings. The number of methoxy groups -OCH3 is 1. The number of carboxylic acids is 1. The molecule has 29 heteroatoms. The van der Waals surface area contributed by atoms with Crippen LogP contribution in [0.3, 0.4) is 0 Å². The number of hydrogen-bond donors (Lipinski definition) is 6. The molecule has 4 heterocycles. The zero-order valence-corrected chi connectivity index (χ0v) is 51.4. The molecule has 0 radical (unpaired) electrons. The largest absolute Gasteiger partial charge is 0.489 e. The van der Waals surface area contributed by atoms with Crippen molar-refractivity contribution < 1.29 is 48.1 Å². The number of amides is 2. The fourth-order valence-electron chi connectivity index (χ4n) is 7.75. The van der Waals surface area contributed by atoms with E-state index in [0.29, 0.717) is 58.9 Å². The number of aliphatic carboxylic acids is 1. The highest BCUT2D eigenvalue weighted by Crippen LogP contribution is 2.36. The molecule has 2 aliphatic heterocycles. The van der Waals surface area contributed by atoms with E-state index in [1.807, 2.05) is 77.9 Å². The Morgan fingerprint density at radius 2 is 1.68 bits per heavy atom. The van der Waals surface area contributed by atoms with E-state index < -0.39 is 31.2 Å². The third-order valence-corrected chi connectivity index (χ3v) is 13.1. The number of carbonyl (C=O) groups is 3. The zero-order chi connectivity index (χ0) is 60.6. The van der Waals surface area contributed by atoms with Crippen LogP contribution in [0.4, 0.5) is 23.3 Å². The Bertz CT molecular complexity index is 3010. The average Bonchev–Trinajstić information content (AvgIpc) is 3.74. The molecule has 0 bridgehead atoms. The van der Waals surface area contributed by atoms with Crippen molar-refractivity contribution in [3.8, 4) is 29.5 Å². The number of ether oxygens (including phenoxy) is 3. The molecule has 2 atom stereocenters. The van der Waals surface area contributed by atoms with Gasteiger partial charge in [0, 0.05) is 38.7 Å². The lowest BCUT2D eigenvalue weighted by Gasteiger charge is -2.35. The van der Waals surface area contributed by atoms with Gasteiger partial charge in [-0.3, -0.25) is 28.8 Å². The quantitative estimate of drug-likeness (QED) is 0.0271. The van der Waals surface area contributed by atoms with Crippen LogP contribution in [0.5, 0.6) is 11.5 Å². The number of aryl methyl sites for hydroxylation is 3. The number of carboxylic acid groups (broad SMARTS) is 1. The Morgan fingerprint density at radius 1 is 0.988 bits per heavy atom. The van der Waals surface area contributed by atoms with Crippen molar-refractivity contribution in [1.29, 1.82) is 0 Å². The highest BCUT2D eigenvalue weighted by molar-refractivity contribution is 7.51. The summed E-state index contributed by atoms with van der Waals surface area (Å²) in [6, 6.07) is 16.7. The number of nitrogens with one attached hydrogen (secondary N) is 3. The topological polar surface area (TPSA) is 278 Å². The van der Waals surface area contributed by atoms with E-state index in [4.69, 9.17) is 105 Å². The van der Waals surface area contributed by atoms with Gasteiger partial charge in [-0.05, 0) is 102 Å². The lowest BCUT2D eigenvalue weighted by Crippen LogP contribution is -2.47. The molecule has 6 N–H and O–H groups in total. The maximum absolute atomic E-state index is 12.5. The Kier molecular flexibility index (Phi) is 30.1. The van der Waals surface area contributed by atoms with Gasteiger partial charge in [-0.2, -0.15) is 19.6 Å². The first-order chi connectivity index (χ1) is 38.3. The van der Waals surface area contributed by atoms with Gasteiger partial charge in [-0.15, -0.1) is 23.1 Å². The minimum absolute atomic E-state index is 0.0223. The molecular weight excluding hydrogens is 1200 g/mol. The van der Waals surface area contributed by atoms with E-state index in [0.717, 1.165) is 60.6 Å². The van der Waals surface area contributed by atoms with Crippen molar-refractivity contribution in [2.24, 2.45) is 0 Å². The Morgan fingerprint density at radius 3 is 2.27 bits per heavy atom. The van der Waals surface area contributed by atoms with Crippen molar-refractivity contribution >= 4 is 118 Å². The van der Waals surface area contributed by atoms with E-state index in [2.05, 4.69) is 54.9 Å². The fraction of sp³-hybridized carbons (Fsp3) is 0.462. The summed E-state index contributed by atoms with van der Waals surface area (Å²) in [5, 5.41) is 21.3. The summed E-state index contributed by atoms with van der Waals surface area (Å²) in [5.41, 5.74) is 4.16. The van der Waals surface area contributed by atoms with Crippen LogP contribution in [0.2, 0.25) is 15.3 Å². The molecule has 22 nitrogen and oxygen atoms in total. The summed E-state index contributed by atoms with van der Waals surface area (Å²) in [7, 11) is -2.46. The molecule has 0 spiro atoms. The Hall–Kier alpha value is -5.41. The second kappa shape index (κ2) is 34.9. The molecule has 444 valence electrons. The Labute approximate surface area is 501 Å². The third kappa shape index (κ3) is 22.4. The number of hydrogen-bond acceptors (Lipinski definition) is 15. The number of halogens is 6. The third-order valence-electron chi connectivity index (χ3n) is 11.1. The minimum Gasteiger partial charge on any atom is -0.489 e. The van der Waals surface area contributed by atoms with Crippen LogP contribution in [0.15, 0.2) is 59.4 Å². The smallest absolute Gasteiger partial charge is 0.350 e. The number of benzene rings is 3. The van der Waals surface area contributed by atoms with Gasteiger partial charge in [-0.1, -0.05) is 89.6 Å². The number of terminal acetylenes is 1. The summed E-state index contributed by atoms with van der Waals surface area (Å²) >= 11 is 35.0. The molecule has 2 amide bonds. The number of aromatic nitrogens is 6. The van der Waals surface area contributed by atoms with Crippen LogP contribution >= 0.6 is 77.2 Å². The molecule has 81 heavy (non-hydrogen) atoms. The first-order valence-corrected chi connectivity index (χ1v) is 29.6. The SMILES string of the molecule is C#CCOc1cc(-n2nc3n(c2=O)CCCC3)c(Cl)cc1Cl.CC1COc2ccccc2N1C(=O)C(Cl)Cl.CCNc1nc(Cl)nc(NC(C)C)n1.CCc1cccc(C)c1N(C(=O)CCl)C(C)COC.O=C(O)CNCP(=O)(O)O. The van der Waals surface area contributed by atoms with Crippen LogP contribution in [-0.2, 0) is 43.1 Å². The second-order valence-corrected chi connectivity index (χ2v) is 22.1. The number of anilines is 4. The average molecular weight is 1270 g/mol. The van der Waals surface area contributed by atoms with Crippen LogP contribution < -0.4 is 40.9 Å². The van der Waals surface area contributed by atoms with Gasteiger partial charge < -0.3 is 49.5 Å². The maximum atomic E-state index is 12.5. The predicted octanol–water partition coefficient (Wildman–Crippen LogP) is 9.03. The van der Waals surface area contributed by atoms with Crippen molar-refractivity contribution in [2.45, 2.75) is 104 Å². The van der Waals surface area contributed by atoms with E-state index in [1.54, 1.807) is 27.5 Å². The summed E-state index contributed by atoms with van der Waals surface area (Å²) in [4.78, 5) is 77.0. The molecule has 0 saturated heterocycles. The summed E-state index contributed by atoms with van der Waals surface area (Å²) in [5.74, 6) is 3.62. The van der Waals surface area contributed by atoms with Crippen molar-refractivity contribution in [2.75, 3.05) is 72.6 Å². The highest BCUT2D eigenvalue weighted by Gasteiger charge is 2.32. The molecule has 2 aliphatic rings. The number of para-hydroxylation sites is 3. The van der Waals surface area contributed by atoms with E-state index in [-0.39, 0.29) is 53.4 Å². The van der Waals surface area contributed by atoms with Crippen molar-refractivity contribution in [1.82, 2.24) is 34.6 Å². The van der Waals surface area contributed by atoms with Gasteiger partial charge in [-0.25, -0.2) is 4.79 Å². The normalized spacial score (nSPS) is 13.5. The fourth-order valence-corrected chi connectivity index (χ4v) is 9.17. The van der Waals surface area contributed by atoms with Crippen LogP contribution in [-0.4, -0.2) is 137 Å². The molecule has 3 aromatic carbocycles.